The highest BCUT2D eigenvalue weighted by atomic mass is 15.6. The average Bonchev–Trinajstić information content (AvgIpc) is 2.96. The molecule has 0 bridgehead atoms. The van der Waals surface area contributed by atoms with Gasteiger partial charge in [-0.05, 0) is 29.2 Å². The van der Waals surface area contributed by atoms with Gasteiger partial charge in [0.1, 0.15) is 0 Å². The number of nitriles is 1. The molecular weight excluding hydrogens is 226 g/mol. The van der Waals surface area contributed by atoms with Crippen LogP contribution in [0.3, 0.4) is 0 Å². The molecule has 0 saturated heterocycles. The molecule has 1 atom stereocenters. The Morgan fingerprint density at radius 1 is 1.44 bits per heavy atom. The first-order valence-corrected chi connectivity index (χ1v) is 5.96. The van der Waals surface area contributed by atoms with Gasteiger partial charge >= 0.3 is 0 Å². The number of aryl methyl sites for hydroxylation is 2. The van der Waals surface area contributed by atoms with Gasteiger partial charge in [0.25, 0.3) is 0 Å². The molecule has 3 rings (SSSR count). The largest absolute Gasteiger partial charge is 0.197 e. The van der Waals surface area contributed by atoms with E-state index in [-0.39, 0.29) is 0 Å². The Morgan fingerprint density at radius 2 is 2.28 bits per heavy atom. The smallest absolute Gasteiger partial charge is 0.176 e. The third-order valence-electron chi connectivity index (χ3n) is 3.58. The lowest BCUT2D eigenvalue weighted by molar-refractivity contribution is 0.523. The second-order valence-electron chi connectivity index (χ2n) is 4.72. The van der Waals surface area contributed by atoms with Crippen LogP contribution in [0.25, 0.3) is 0 Å². The molecule has 1 heterocycles. The summed E-state index contributed by atoms with van der Waals surface area (Å²) in [4.78, 5) is 1.43. The molecule has 5 nitrogen and oxygen atoms in total. The van der Waals surface area contributed by atoms with Crippen LogP contribution in [0.5, 0.6) is 0 Å². The number of benzene rings is 1. The molecule has 5 heteroatoms. The fourth-order valence-electron chi connectivity index (χ4n) is 2.69. The first-order chi connectivity index (χ1) is 8.73. The van der Waals surface area contributed by atoms with Crippen molar-refractivity contribution in [1.29, 1.82) is 5.26 Å². The van der Waals surface area contributed by atoms with Crippen molar-refractivity contribution >= 4 is 0 Å². The minimum Gasteiger partial charge on any atom is -0.197 e. The molecule has 1 aliphatic carbocycles. The molecular formula is C13H13N5. The van der Waals surface area contributed by atoms with E-state index >= 15 is 0 Å². The maximum atomic E-state index is 9.60. The van der Waals surface area contributed by atoms with Crippen molar-refractivity contribution in [2.24, 2.45) is 7.05 Å². The van der Waals surface area contributed by atoms with Gasteiger partial charge in [-0.15, -0.1) is 10.2 Å². The Morgan fingerprint density at radius 3 is 3.00 bits per heavy atom. The Hall–Kier alpha value is -2.22. The van der Waals surface area contributed by atoms with Crippen molar-refractivity contribution in [3.05, 3.63) is 41.2 Å². The van der Waals surface area contributed by atoms with Crippen LogP contribution in [-0.4, -0.2) is 20.2 Å². The fraction of sp³-hybridized carbons (Fsp3) is 0.385. The van der Waals surface area contributed by atoms with Crippen molar-refractivity contribution in [2.75, 3.05) is 0 Å². The SMILES string of the molecule is Cn1nnc(CC2(C#N)CCc3ccccc32)n1. The normalized spacial score (nSPS) is 21.6. The van der Waals surface area contributed by atoms with Crippen molar-refractivity contribution in [1.82, 2.24) is 20.2 Å². The summed E-state index contributed by atoms with van der Waals surface area (Å²) in [6, 6.07) is 10.6. The number of rotatable bonds is 2. The first-order valence-electron chi connectivity index (χ1n) is 5.96. The summed E-state index contributed by atoms with van der Waals surface area (Å²) in [5.41, 5.74) is 1.91. The monoisotopic (exact) mass is 239 g/mol. The summed E-state index contributed by atoms with van der Waals surface area (Å²) in [6.45, 7) is 0. The minimum absolute atomic E-state index is 0.486. The molecule has 0 saturated carbocycles. The van der Waals surface area contributed by atoms with E-state index < -0.39 is 5.41 Å². The van der Waals surface area contributed by atoms with Crippen LogP contribution >= 0.6 is 0 Å². The molecule has 1 unspecified atom stereocenters. The molecule has 1 aromatic carbocycles. The van der Waals surface area contributed by atoms with Gasteiger partial charge in [-0.1, -0.05) is 24.3 Å². The summed E-state index contributed by atoms with van der Waals surface area (Å²) < 4.78 is 0. The van der Waals surface area contributed by atoms with Gasteiger partial charge < -0.3 is 0 Å². The van der Waals surface area contributed by atoms with Gasteiger partial charge in [0.15, 0.2) is 5.82 Å². The Labute approximate surface area is 105 Å². The van der Waals surface area contributed by atoms with Gasteiger partial charge in [-0.25, -0.2) is 0 Å². The van der Waals surface area contributed by atoms with E-state index in [2.05, 4.69) is 27.5 Å². The minimum atomic E-state index is -0.486. The van der Waals surface area contributed by atoms with Crippen LogP contribution in [0, 0.1) is 11.3 Å². The van der Waals surface area contributed by atoms with Gasteiger partial charge in [-0.3, -0.25) is 0 Å². The third-order valence-corrected chi connectivity index (χ3v) is 3.58. The van der Waals surface area contributed by atoms with Crippen LogP contribution < -0.4 is 0 Å². The second kappa shape index (κ2) is 3.91. The Balaban J connectivity index is 2.00. The Bertz CT molecular complexity index is 624. The number of nitrogens with zero attached hydrogens (tertiary/aromatic N) is 5. The second-order valence-corrected chi connectivity index (χ2v) is 4.72. The molecule has 2 aromatic rings. The highest BCUT2D eigenvalue weighted by Gasteiger charge is 2.40. The van der Waals surface area contributed by atoms with Crippen LogP contribution in [0.2, 0.25) is 0 Å². The summed E-state index contributed by atoms with van der Waals surface area (Å²) in [7, 11) is 1.73. The Kier molecular flexibility index (Phi) is 2.37. The third kappa shape index (κ3) is 1.58. The molecule has 18 heavy (non-hydrogen) atoms. The lowest BCUT2D eigenvalue weighted by Gasteiger charge is -2.20. The summed E-state index contributed by atoms with van der Waals surface area (Å²) in [6.07, 6.45) is 2.32. The van der Waals surface area contributed by atoms with E-state index in [1.807, 2.05) is 18.2 Å². The van der Waals surface area contributed by atoms with Crippen molar-refractivity contribution < 1.29 is 0 Å². The highest BCUT2D eigenvalue weighted by molar-refractivity contribution is 5.44. The number of fused-ring (bicyclic) bond motifs is 1. The van der Waals surface area contributed by atoms with Crippen LogP contribution in [0.15, 0.2) is 24.3 Å². The lowest BCUT2D eigenvalue weighted by Crippen LogP contribution is -2.24. The molecule has 0 radical (unpaired) electrons. The fourth-order valence-corrected chi connectivity index (χ4v) is 2.69. The van der Waals surface area contributed by atoms with Crippen molar-refractivity contribution in [3.8, 4) is 6.07 Å². The average molecular weight is 239 g/mol. The first kappa shape index (κ1) is 10.9. The zero-order valence-electron chi connectivity index (χ0n) is 10.2. The van der Waals surface area contributed by atoms with Gasteiger partial charge in [0, 0.05) is 6.42 Å². The zero-order valence-corrected chi connectivity index (χ0v) is 10.2. The predicted octanol–water partition coefficient (Wildman–Crippen LogP) is 1.16. The molecule has 1 aliphatic rings. The standard InChI is InChI=1S/C13H13N5/c1-18-16-12(15-17-18)8-13(9-14)7-6-10-4-2-3-5-11(10)13/h2-5H,6-8H2,1H3. The van der Waals surface area contributed by atoms with E-state index in [1.165, 1.54) is 10.4 Å². The zero-order chi connectivity index (χ0) is 12.6. The van der Waals surface area contributed by atoms with Gasteiger partial charge in [0.2, 0.25) is 0 Å². The molecule has 0 spiro atoms. The van der Waals surface area contributed by atoms with Crippen molar-refractivity contribution in [3.63, 3.8) is 0 Å². The number of tetrazole rings is 1. The van der Waals surface area contributed by atoms with Gasteiger partial charge in [0.05, 0.1) is 18.5 Å². The molecule has 0 aliphatic heterocycles. The van der Waals surface area contributed by atoms with E-state index in [4.69, 9.17) is 0 Å². The summed E-state index contributed by atoms with van der Waals surface area (Å²) >= 11 is 0. The van der Waals surface area contributed by atoms with Crippen molar-refractivity contribution in [2.45, 2.75) is 24.7 Å². The number of hydrogen-bond acceptors (Lipinski definition) is 4. The van der Waals surface area contributed by atoms with E-state index in [9.17, 15) is 5.26 Å². The van der Waals surface area contributed by atoms with Crippen LogP contribution in [-0.2, 0) is 25.3 Å². The van der Waals surface area contributed by atoms with E-state index in [0.717, 1.165) is 18.4 Å². The summed E-state index contributed by atoms with van der Waals surface area (Å²) in [5.74, 6) is 0.635. The van der Waals surface area contributed by atoms with E-state index in [1.54, 1.807) is 7.05 Å². The predicted molar refractivity (Wildman–Crippen MR) is 64.6 cm³/mol. The number of aromatic nitrogens is 4. The molecule has 90 valence electrons. The maximum absolute atomic E-state index is 9.60. The maximum Gasteiger partial charge on any atom is 0.176 e. The van der Waals surface area contributed by atoms with Crippen LogP contribution in [0.1, 0.15) is 23.4 Å². The van der Waals surface area contributed by atoms with Gasteiger partial charge in [-0.2, -0.15) is 10.1 Å². The van der Waals surface area contributed by atoms with E-state index in [0.29, 0.717) is 12.2 Å². The highest BCUT2D eigenvalue weighted by Crippen LogP contribution is 2.40. The molecule has 0 amide bonds. The topological polar surface area (TPSA) is 67.4 Å². The molecule has 0 N–H and O–H groups in total. The molecule has 0 fully saturated rings. The van der Waals surface area contributed by atoms with Crippen LogP contribution in [0.4, 0.5) is 0 Å². The quantitative estimate of drug-likeness (QED) is 0.788. The number of hydrogen-bond donors (Lipinski definition) is 0. The lowest BCUT2D eigenvalue weighted by atomic mass is 9.80. The summed E-state index contributed by atoms with van der Waals surface area (Å²) in [5, 5.41) is 21.6. The molecule has 1 aromatic heterocycles.